The highest BCUT2D eigenvalue weighted by atomic mass is 32.2. The molecule has 0 bridgehead atoms. The maximum Gasteiger partial charge on any atom is 0.306 e. The van der Waals surface area contributed by atoms with Gasteiger partial charge in [0.15, 0.2) is 0 Å². The molecule has 1 aromatic carbocycles. The van der Waals surface area contributed by atoms with Gasteiger partial charge in [-0.1, -0.05) is 0 Å². The Morgan fingerprint density at radius 3 is 2.34 bits per heavy atom. The quantitative estimate of drug-likeness (QED) is 0.513. The van der Waals surface area contributed by atoms with Crippen molar-refractivity contribution < 1.29 is 32.2 Å². The van der Waals surface area contributed by atoms with Crippen LogP contribution in [-0.4, -0.2) is 95.7 Å². The Morgan fingerprint density at radius 2 is 1.72 bits per heavy atom. The Balaban J connectivity index is 1.67. The van der Waals surface area contributed by atoms with Crippen LogP contribution in [0.4, 0.5) is 5.69 Å². The number of piperazine rings is 1. The summed E-state index contributed by atoms with van der Waals surface area (Å²) in [5.74, 6) is 0.115. The van der Waals surface area contributed by atoms with Gasteiger partial charge in [0.05, 0.1) is 43.9 Å². The molecule has 1 aromatic rings. The first-order valence-corrected chi connectivity index (χ1v) is 12.2. The Hall–Kier alpha value is -2.37. The number of methoxy groups -OCH3 is 1. The number of hydrogen-bond acceptors (Lipinski definition) is 8. The van der Waals surface area contributed by atoms with Gasteiger partial charge < -0.3 is 24.0 Å². The first kappa shape index (κ1) is 24.3. The molecule has 10 nitrogen and oxygen atoms in total. The van der Waals surface area contributed by atoms with Crippen LogP contribution in [0.15, 0.2) is 23.1 Å². The number of hydrogen-bond donors (Lipinski definition) is 0. The van der Waals surface area contributed by atoms with Crippen LogP contribution in [0.1, 0.15) is 19.8 Å². The zero-order valence-electron chi connectivity index (χ0n) is 18.6. The van der Waals surface area contributed by atoms with Crippen LogP contribution in [0.25, 0.3) is 0 Å². The van der Waals surface area contributed by atoms with Gasteiger partial charge in [-0.05, 0) is 25.1 Å². The molecule has 0 N–H and O–H groups in total. The summed E-state index contributed by atoms with van der Waals surface area (Å²) in [4.78, 5) is 27.9. The second kappa shape index (κ2) is 11.0. The van der Waals surface area contributed by atoms with E-state index in [-0.39, 0.29) is 29.6 Å². The molecule has 2 saturated heterocycles. The summed E-state index contributed by atoms with van der Waals surface area (Å²) in [5, 5.41) is 0. The van der Waals surface area contributed by atoms with Gasteiger partial charge in [0.25, 0.3) is 0 Å². The molecule has 0 unspecified atom stereocenters. The van der Waals surface area contributed by atoms with E-state index in [1.807, 2.05) is 4.90 Å². The predicted molar refractivity (Wildman–Crippen MR) is 117 cm³/mol. The number of benzene rings is 1. The molecule has 2 aliphatic rings. The molecule has 1 amide bonds. The Bertz CT molecular complexity index is 908. The van der Waals surface area contributed by atoms with Crippen molar-refractivity contribution in [2.24, 2.45) is 0 Å². The molecule has 0 atom stereocenters. The van der Waals surface area contributed by atoms with E-state index in [1.54, 1.807) is 37.1 Å². The summed E-state index contributed by atoms with van der Waals surface area (Å²) in [7, 11) is -2.08. The molecule has 11 heteroatoms. The molecule has 0 aliphatic carbocycles. The lowest BCUT2D eigenvalue weighted by atomic mass is 10.2. The standard InChI is InChI=1S/C21H31N3O7S/c1-3-31-21(26)7-6-20(25)23-10-8-22(9-11-23)18-16-17(4-5-19(18)29-2)32(27,28)24-12-14-30-15-13-24/h4-5,16H,3,6-15H2,1-2H3. The minimum Gasteiger partial charge on any atom is -0.495 e. The number of morpholine rings is 1. The number of carbonyl (C=O) groups is 2. The van der Waals surface area contributed by atoms with E-state index in [4.69, 9.17) is 14.2 Å². The summed E-state index contributed by atoms with van der Waals surface area (Å²) in [6.45, 7) is 5.47. The van der Waals surface area contributed by atoms with Gasteiger partial charge in [-0.2, -0.15) is 4.31 Å². The van der Waals surface area contributed by atoms with Crippen molar-refractivity contribution in [2.45, 2.75) is 24.7 Å². The number of ether oxygens (including phenoxy) is 3. The highest BCUT2D eigenvalue weighted by molar-refractivity contribution is 7.89. The third kappa shape index (κ3) is 5.70. The van der Waals surface area contributed by atoms with Crippen LogP contribution in [-0.2, 0) is 29.1 Å². The first-order chi connectivity index (χ1) is 15.4. The highest BCUT2D eigenvalue weighted by Gasteiger charge is 2.29. The maximum absolute atomic E-state index is 13.1. The van der Waals surface area contributed by atoms with Gasteiger partial charge in [-0.3, -0.25) is 9.59 Å². The van der Waals surface area contributed by atoms with E-state index in [0.29, 0.717) is 70.5 Å². The van der Waals surface area contributed by atoms with E-state index in [0.717, 1.165) is 0 Å². The lowest BCUT2D eigenvalue weighted by Crippen LogP contribution is -2.49. The third-order valence-electron chi connectivity index (χ3n) is 5.58. The molecular formula is C21H31N3O7S. The van der Waals surface area contributed by atoms with Crippen LogP contribution < -0.4 is 9.64 Å². The van der Waals surface area contributed by atoms with Crippen molar-refractivity contribution in [3.8, 4) is 5.75 Å². The van der Waals surface area contributed by atoms with Crippen LogP contribution >= 0.6 is 0 Å². The number of sulfonamides is 1. The number of amides is 1. The van der Waals surface area contributed by atoms with Gasteiger partial charge in [-0.15, -0.1) is 0 Å². The number of carbonyl (C=O) groups excluding carboxylic acids is 2. The van der Waals surface area contributed by atoms with Crippen LogP contribution in [0.2, 0.25) is 0 Å². The van der Waals surface area contributed by atoms with Gasteiger partial charge in [0, 0.05) is 45.7 Å². The first-order valence-electron chi connectivity index (χ1n) is 10.8. The van der Waals surface area contributed by atoms with Crippen molar-refractivity contribution in [3.63, 3.8) is 0 Å². The second-order valence-corrected chi connectivity index (χ2v) is 9.46. The van der Waals surface area contributed by atoms with E-state index in [2.05, 4.69) is 0 Å². The third-order valence-corrected chi connectivity index (χ3v) is 7.47. The highest BCUT2D eigenvalue weighted by Crippen LogP contribution is 2.33. The predicted octanol–water partition coefficient (Wildman–Crippen LogP) is 0.708. The van der Waals surface area contributed by atoms with Crippen molar-refractivity contribution in [1.29, 1.82) is 0 Å². The molecule has 0 saturated carbocycles. The topological polar surface area (TPSA) is 106 Å². The minimum atomic E-state index is -3.63. The molecule has 0 aromatic heterocycles. The second-order valence-electron chi connectivity index (χ2n) is 7.52. The SMILES string of the molecule is CCOC(=O)CCC(=O)N1CCN(c2cc(S(=O)(=O)N3CCOCC3)ccc2OC)CC1. The maximum atomic E-state index is 13.1. The Morgan fingerprint density at radius 1 is 1.03 bits per heavy atom. The molecule has 3 rings (SSSR count). The zero-order chi connectivity index (χ0) is 23.1. The van der Waals surface area contributed by atoms with Gasteiger partial charge >= 0.3 is 5.97 Å². The fourth-order valence-corrected chi connectivity index (χ4v) is 5.24. The van der Waals surface area contributed by atoms with Crippen molar-refractivity contribution in [1.82, 2.24) is 9.21 Å². The van der Waals surface area contributed by atoms with Gasteiger partial charge in [0.2, 0.25) is 15.9 Å². The lowest BCUT2D eigenvalue weighted by molar-refractivity contribution is -0.145. The van der Waals surface area contributed by atoms with Gasteiger partial charge in [-0.25, -0.2) is 8.42 Å². The fraction of sp³-hybridized carbons (Fsp3) is 0.619. The molecule has 0 radical (unpaired) electrons. The number of nitrogens with zero attached hydrogens (tertiary/aromatic N) is 3. The Labute approximate surface area is 189 Å². The van der Waals surface area contributed by atoms with Crippen LogP contribution in [0, 0.1) is 0 Å². The molecule has 2 fully saturated rings. The average molecular weight is 470 g/mol. The van der Waals surface area contributed by atoms with Crippen molar-refractivity contribution >= 4 is 27.6 Å². The summed E-state index contributed by atoms with van der Waals surface area (Å²) >= 11 is 0. The van der Waals surface area contributed by atoms with Crippen LogP contribution in [0.3, 0.4) is 0 Å². The molecule has 178 valence electrons. The molecular weight excluding hydrogens is 438 g/mol. The number of rotatable bonds is 8. The monoisotopic (exact) mass is 469 g/mol. The molecule has 2 aliphatic heterocycles. The van der Waals surface area contributed by atoms with Crippen molar-refractivity contribution in [2.75, 3.05) is 71.1 Å². The average Bonchev–Trinajstić information content (AvgIpc) is 2.83. The van der Waals surface area contributed by atoms with Crippen molar-refractivity contribution in [3.05, 3.63) is 18.2 Å². The Kier molecular flexibility index (Phi) is 8.32. The number of anilines is 1. The minimum absolute atomic E-state index is 0.0716. The van der Waals surface area contributed by atoms with E-state index in [9.17, 15) is 18.0 Å². The van der Waals surface area contributed by atoms with Gasteiger partial charge in [0.1, 0.15) is 5.75 Å². The zero-order valence-corrected chi connectivity index (χ0v) is 19.4. The van der Waals surface area contributed by atoms with E-state index in [1.165, 1.54) is 4.31 Å². The summed E-state index contributed by atoms with van der Waals surface area (Å²) in [5.41, 5.74) is 0.681. The largest absolute Gasteiger partial charge is 0.495 e. The summed E-state index contributed by atoms with van der Waals surface area (Å²) < 4.78 is 43.2. The molecule has 0 spiro atoms. The fourth-order valence-electron chi connectivity index (χ4n) is 3.81. The van der Waals surface area contributed by atoms with Crippen LogP contribution in [0.5, 0.6) is 5.75 Å². The van der Waals surface area contributed by atoms with E-state index >= 15 is 0 Å². The molecule has 2 heterocycles. The normalized spacial score (nSPS) is 17.8. The summed E-state index contributed by atoms with van der Waals surface area (Å²) in [6.07, 6.45) is 0.192. The summed E-state index contributed by atoms with van der Waals surface area (Å²) in [6, 6.07) is 4.86. The lowest BCUT2D eigenvalue weighted by Gasteiger charge is -2.37. The number of esters is 1. The smallest absolute Gasteiger partial charge is 0.306 e. The van der Waals surface area contributed by atoms with E-state index < -0.39 is 10.0 Å². The molecule has 32 heavy (non-hydrogen) atoms.